The molecule has 1 saturated heterocycles. The lowest BCUT2D eigenvalue weighted by atomic mass is 9.98. The van der Waals surface area contributed by atoms with Gasteiger partial charge in [0, 0.05) is 25.1 Å². The van der Waals surface area contributed by atoms with E-state index < -0.39 is 28.9 Å². The van der Waals surface area contributed by atoms with E-state index in [1.165, 1.54) is 13.1 Å². The van der Waals surface area contributed by atoms with Crippen molar-refractivity contribution in [2.45, 2.75) is 44.4 Å². The number of nitrogens with zero attached hydrogens (tertiary/aromatic N) is 1. The third kappa shape index (κ3) is 2.11. The Balaban J connectivity index is 2.45. The molecule has 0 spiro atoms. The zero-order chi connectivity index (χ0) is 13.6. The molecule has 1 aromatic heterocycles. The highest BCUT2D eigenvalue weighted by atomic mass is 19.2. The number of halogens is 1. The smallest absolute Gasteiger partial charge is 0.330 e. The van der Waals surface area contributed by atoms with Crippen molar-refractivity contribution in [2.24, 2.45) is 0 Å². The topological polar surface area (TPSA) is 84.3 Å². The molecule has 2 heterocycles. The summed E-state index contributed by atoms with van der Waals surface area (Å²) < 4.78 is 20.2. The Hall–Kier alpha value is -1.47. The van der Waals surface area contributed by atoms with Gasteiger partial charge in [-0.15, -0.1) is 0 Å². The second kappa shape index (κ2) is 4.03. The van der Waals surface area contributed by atoms with Crippen molar-refractivity contribution in [3.63, 3.8) is 0 Å². The first-order valence-corrected chi connectivity index (χ1v) is 5.68. The van der Waals surface area contributed by atoms with Crippen LogP contribution in [0.4, 0.5) is 4.39 Å². The number of hydrogen-bond donors (Lipinski definition) is 2. The van der Waals surface area contributed by atoms with Crippen LogP contribution in [0.15, 0.2) is 21.9 Å². The molecule has 100 valence electrons. The zero-order valence-corrected chi connectivity index (χ0v) is 10.1. The largest absolute Gasteiger partial charge is 0.385 e. The molecule has 1 aromatic rings. The van der Waals surface area contributed by atoms with Crippen LogP contribution < -0.4 is 11.2 Å². The minimum atomic E-state index is -1.97. The lowest BCUT2D eigenvalue weighted by Crippen LogP contribution is -2.40. The normalized spacial score (nSPS) is 35.9. The van der Waals surface area contributed by atoms with Gasteiger partial charge in [-0.1, -0.05) is 6.92 Å². The zero-order valence-electron chi connectivity index (χ0n) is 10.1. The Morgan fingerprint density at radius 2 is 2.33 bits per heavy atom. The number of aromatic amines is 1. The van der Waals surface area contributed by atoms with Crippen molar-refractivity contribution in [3.8, 4) is 0 Å². The number of aromatic nitrogens is 2. The predicted molar refractivity (Wildman–Crippen MR) is 60.8 cm³/mol. The van der Waals surface area contributed by atoms with Crippen LogP contribution in [0.2, 0.25) is 0 Å². The second-order valence-electron chi connectivity index (χ2n) is 4.76. The molecule has 0 aromatic carbocycles. The minimum Gasteiger partial charge on any atom is -0.385 e. The van der Waals surface area contributed by atoms with E-state index in [1.807, 2.05) is 4.98 Å². The van der Waals surface area contributed by atoms with Crippen molar-refractivity contribution < 1.29 is 14.2 Å². The molecule has 0 amide bonds. The molecular weight excluding hydrogens is 243 g/mol. The van der Waals surface area contributed by atoms with E-state index >= 15 is 0 Å². The van der Waals surface area contributed by atoms with Crippen LogP contribution in [0, 0.1) is 0 Å². The molecule has 1 fully saturated rings. The molecule has 7 heteroatoms. The van der Waals surface area contributed by atoms with Crippen molar-refractivity contribution in [2.75, 3.05) is 0 Å². The highest BCUT2D eigenvalue weighted by Gasteiger charge is 2.53. The molecule has 3 atom stereocenters. The van der Waals surface area contributed by atoms with Gasteiger partial charge in [0.2, 0.25) is 5.85 Å². The van der Waals surface area contributed by atoms with Gasteiger partial charge in [-0.25, -0.2) is 9.18 Å². The lowest BCUT2D eigenvalue weighted by molar-refractivity contribution is -0.169. The molecule has 18 heavy (non-hydrogen) atoms. The standard InChI is InChI=1S/C11H15FN2O4/c1-3-11(12)6-10(2,17)8(18-11)14-5-4-7(15)13-9(14)16/h4-5,8,17H,3,6H2,1-2H3,(H,13,15,16). The number of aliphatic hydroxyl groups is 1. The fraction of sp³-hybridized carbons (Fsp3) is 0.636. The predicted octanol–water partition coefficient (Wildman–Crippen LogP) is 0.282. The number of alkyl halides is 1. The first-order valence-electron chi connectivity index (χ1n) is 5.68. The molecule has 1 aliphatic rings. The quantitative estimate of drug-likeness (QED) is 0.798. The van der Waals surface area contributed by atoms with Crippen LogP contribution in [-0.4, -0.2) is 26.1 Å². The Kier molecular flexibility index (Phi) is 2.90. The minimum absolute atomic E-state index is 0.0672. The van der Waals surface area contributed by atoms with Gasteiger partial charge in [-0.3, -0.25) is 14.3 Å². The number of H-pyrrole nitrogens is 1. The summed E-state index contributed by atoms with van der Waals surface area (Å²) in [4.78, 5) is 24.6. The maximum Gasteiger partial charge on any atom is 0.330 e. The summed E-state index contributed by atoms with van der Waals surface area (Å²) >= 11 is 0. The van der Waals surface area contributed by atoms with Gasteiger partial charge in [0.05, 0.1) is 0 Å². The van der Waals surface area contributed by atoms with Crippen molar-refractivity contribution in [1.29, 1.82) is 0 Å². The molecule has 1 aliphatic heterocycles. The van der Waals surface area contributed by atoms with E-state index in [4.69, 9.17) is 4.74 Å². The van der Waals surface area contributed by atoms with Crippen LogP contribution in [0.3, 0.4) is 0 Å². The van der Waals surface area contributed by atoms with Gasteiger partial charge in [0.1, 0.15) is 5.60 Å². The van der Waals surface area contributed by atoms with E-state index in [2.05, 4.69) is 0 Å². The van der Waals surface area contributed by atoms with Crippen molar-refractivity contribution in [3.05, 3.63) is 33.1 Å². The number of hydrogen-bond acceptors (Lipinski definition) is 4. The Morgan fingerprint density at radius 3 is 2.83 bits per heavy atom. The first kappa shape index (κ1) is 13.0. The average molecular weight is 258 g/mol. The van der Waals surface area contributed by atoms with Crippen LogP contribution in [0.1, 0.15) is 32.9 Å². The molecule has 2 N–H and O–H groups in total. The molecular formula is C11H15FN2O4. The molecule has 0 saturated carbocycles. The fourth-order valence-electron chi connectivity index (χ4n) is 2.17. The second-order valence-corrected chi connectivity index (χ2v) is 4.76. The van der Waals surface area contributed by atoms with Gasteiger partial charge in [0.25, 0.3) is 5.56 Å². The van der Waals surface area contributed by atoms with E-state index in [0.717, 1.165) is 10.6 Å². The van der Waals surface area contributed by atoms with Crippen LogP contribution in [-0.2, 0) is 4.74 Å². The van der Waals surface area contributed by atoms with E-state index in [0.29, 0.717) is 0 Å². The molecule has 0 bridgehead atoms. The maximum atomic E-state index is 14.1. The van der Waals surface area contributed by atoms with Gasteiger partial charge in [-0.05, 0) is 6.92 Å². The number of nitrogens with one attached hydrogen (secondary N) is 1. The molecule has 0 radical (unpaired) electrons. The van der Waals surface area contributed by atoms with Gasteiger partial charge in [-0.2, -0.15) is 0 Å². The molecule has 3 unspecified atom stereocenters. The van der Waals surface area contributed by atoms with Crippen LogP contribution in [0.25, 0.3) is 0 Å². The maximum absolute atomic E-state index is 14.1. The van der Waals surface area contributed by atoms with Crippen LogP contribution >= 0.6 is 0 Å². The third-order valence-electron chi connectivity index (χ3n) is 3.11. The molecule has 2 rings (SSSR count). The first-order chi connectivity index (χ1) is 8.27. The van der Waals surface area contributed by atoms with Crippen molar-refractivity contribution in [1.82, 2.24) is 9.55 Å². The van der Waals surface area contributed by atoms with E-state index in [1.54, 1.807) is 6.92 Å². The molecule has 6 nitrogen and oxygen atoms in total. The number of rotatable bonds is 2. The Bertz CT molecular complexity index is 565. The summed E-state index contributed by atoms with van der Waals surface area (Å²) in [5.41, 5.74) is -2.82. The Morgan fingerprint density at radius 1 is 1.67 bits per heavy atom. The summed E-state index contributed by atoms with van der Waals surface area (Å²) in [5, 5.41) is 10.2. The van der Waals surface area contributed by atoms with Crippen LogP contribution in [0.5, 0.6) is 0 Å². The fourth-order valence-corrected chi connectivity index (χ4v) is 2.17. The summed E-state index contributed by atoms with van der Waals surface area (Å²) in [6.45, 7) is 2.99. The summed E-state index contributed by atoms with van der Waals surface area (Å²) in [5.74, 6) is -1.97. The van der Waals surface area contributed by atoms with Gasteiger partial charge in [0.15, 0.2) is 6.23 Å². The highest BCUT2D eigenvalue weighted by Crippen LogP contribution is 2.45. The summed E-state index contributed by atoms with van der Waals surface area (Å²) in [6, 6.07) is 1.12. The summed E-state index contributed by atoms with van der Waals surface area (Å²) in [7, 11) is 0. The lowest BCUT2D eigenvalue weighted by Gasteiger charge is -2.24. The number of ether oxygens (including phenoxy) is 1. The monoisotopic (exact) mass is 258 g/mol. The SMILES string of the molecule is CCC1(F)CC(C)(O)C(n2ccc(=O)[nH]c2=O)O1. The third-order valence-corrected chi connectivity index (χ3v) is 3.11. The van der Waals surface area contributed by atoms with E-state index in [9.17, 15) is 19.1 Å². The van der Waals surface area contributed by atoms with Gasteiger partial charge >= 0.3 is 5.69 Å². The highest BCUT2D eigenvalue weighted by molar-refractivity contribution is 4.97. The van der Waals surface area contributed by atoms with E-state index in [-0.39, 0.29) is 12.8 Å². The molecule has 0 aliphatic carbocycles. The average Bonchev–Trinajstić information content (AvgIpc) is 2.50. The van der Waals surface area contributed by atoms with Gasteiger partial charge < -0.3 is 9.84 Å². The van der Waals surface area contributed by atoms with Crippen molar-refractivity contribution >= 4 is 0 Å². The Labute approximate surface area is 102 Å². The summed E-state index contributed by atoms with van der Waals surface area (Å²) in [6.07, 6.45) is -0.140.